The van der Waals surface area contributed by atoms with E-state index in [1.54, 1.807) is 6.92 Å². The van der Waals surface area contributed by atoms with Crippen LogP contribution in [0.5, 0.6) is 5.75 Å². The van der Waals surface area contributed by atoms with Crippen LogP contribution in [-0.2, 0) is 16.0 Å². The fourth-order valence-electron chi connectivity index (χ4n) is 1.80. The van der Waals surface area contributed by atoms with E-state index in [2.05, 4.69) is 11.9 Å². The third kappa shape index (κ3) is 4.56. The third-order valence-electron chi connectivity index (χ3n) is 2.78. The van der Waals surface area contributed by atoms with E-state index >= 15 is 0 Å². The van der Waals surface area contributed by atoms with Gasteiger partial charge in [0.2, 0.25) is 0 Å². The number of nitrogens with zero attached hydrogens (tertiary/aromatic N) is 1. The summed E-state index contributed by atoms with van der Waals surface area (Å²) in [5.41, 5.74) is 1.89. The zero-order chi connectivity index (χ0) is 15.1. The molecule has 0 aliphatic rings. The Balaban J connectivity index is 2.01. The molecule has 0 fully saturated rings. The van der Waals surface area contributed by atoms with E-state index in [0.29, 0.717) is 6.61 Å². The van der Waals surface area contributed by atoms with Crippen LogP contribution in [0.25, 0.3) is 11.3 Å². The van der Waals surface area contributed by atoms with Gasteiger partial charge in [-0.1, -0.05) is 6.92 Å². The van der Waals surface area contributed by atoms with Crippen molar-refractivity contribution >= 4 is 17.3 Å². The fourth-order valence-corrected chi connectivity index (χ4v) is 2.59. The smallest absolute Gasteiger partial charge is 0.312 e. The predicted molar refractivity (Wildman–Crippen MR) is 83.7 cm³/mol. The van der Waals surface area contributed by atoms with E-state index in [1.165, 1.54) is 11.3 Å². The van der Waals surface area contributed by atoms with Crippen molar-refractivity contribution in [2.24, 2.45) is 0 Å². The number of rotatable bonds is 7. The summed E-state index contributed by atoms with van der Waals surface area (Å²) in [5.74, 6) is 0.629. The number of carbonyl (C=O) groups excluding carboxylic acids is 1. The van der Waals surface area contributed by atoms with E-state index in [1.807, 2.05) is 29.6 Å². The van der Waals surface area contributed by atoms with Crippen molar-refractivity contribution in [1.29, 1.82) is 0 Å². The number of aromatic nitrogens is 1. The van der Waals surface area contributed by atoms with Crippen molar-refractivity contribution in [3.8, 4) is 17.0 Å². The lowest BCUT2D eigenvalue weighted by Gasteiger charge is -2.04. The average molecular weight is 305 g/mol. The lowest BCUT2D eigenvalue weighted by Crippen LogP contribution is -2.07. The zero-order valence-electron chi connectivity index (χ0n) is 12.3. The van der Waals surface area contributed by atoms with Crippen LogP contribution in [0.15, 0.2) is 29.6 Å². The van der Waals surface area contributed by atoms with Gasteiger partial charge in [0, 0.05) is 10.9 Å². The molecule has 0 unspecified atom stereocenters. The summed E-state index contributed by atoms with van der Waals surface area (Å²) in [6.45, 7) is 5.00. The summed E-state index contributed by atoms with van der Waals surface area (Å²) in [6, 6.07) is 7.84. The van der Waals surface area contributed by atoms with Crippen LogP contribution in [0, 0.1) is 0 Å². The fraction of sp³-hybridized carbons (Fsp3) is 0.375. The van der Waals surface area contributed by atoms with Crippen molar-refractivity contribution in [1.82, 2.24) is 4.98 Å². The van der Waals surface area contributed by atoms with Crippen LogP contribution in [-0.4, -0.2) is 24.2 Å². The third-order valence-corrected chi connectivity index (χ3v) is 3.62. The second kappa shape index (κ2) is 7.78. The molecule has 0 saturated carbocycles. The average Bonchev–Trinajstić information content (AvgIpc) is 2.94. The first kappa shape index (κ1) is 15.5. The first-order chi connectivity index (χ1) is 10.2. The molecule has 4 nitrogen and oxygen atoms in total. The number of ether oxygens (including phenoxy) is 2. The summed E-state index contributed by atoms with van der Waals surface area (Å²) >= 11 is 1.47. The van der Waals surface area contributed by atoms with E-state index < -0.39 is 0 Å². The van der Waals surface area contributed by atoms with Crippen LogP contribution in [0.2, 0.25) is 0 Å². The first-order valence-corrected chi connectivity index (χ1v) is 7.94. The van der Waals surface area contributed by atoms with Crippen LogP contribution in [0.3, 0.4) is 0 Å². The van der Waals surface area contributed by atoms with Gasteiger partial charge in [-0.05, 0) is 37.6 Å². The Bertz CT molecular complexity index is 577. The number of thiazole rings is 1. The van der Waals surface area contributed by atoms with Gasteiger partial charge in [-0.15, -0.1) is 11.3 Å². The maximum absolute atomic E-state index is 11.4. The van der Waals surface area contributed by atoms with Gasteiger partial charge in [0.15, 0.2) is 0 Å². The monoisotopic (exact) mass is 305 g/mol. The van der Waals surface area contributed by atoms with Gasteiger partial charge in [-0.2, -0.15) is 0 Å². The van der Waals surface area contributed by atoms with E-state index in [-0.39, 0.29) is 12.4 Å². The highest BCUT2D eigenvalue weighted by atomic mass is 32.1. The molecule has 0 spiro atoms. The molecular formula is C16H19NO3S. The quantitative estimate of drug-likeness (QED) is 0.732. The molecule has 1 heterocycles. The normalized spacial score (nSPS) is 10.4. The van der Waals surface area contributed by atoms with Crippen molar-refractivity contribution in [3.63, 3.8) is 0 Å². The molecule has 0 radical (unpaired) electrons. The van der Waals surface area contributed by atoms with Crippen LogP contribution >= 0.6 is 11.3 Å². The topological polar surface area (TPSA) is 48.4 Å². The largest absolute Gasteiger partial charge is 0.494 e. The molecule has 0 saturated heterocycles. The summed E-state index contributed by atoms with van der Waals surface area (Å²) in [4.78, 5) is 15.9. The summed E-state index contributed by atoms with van der Waals surface area (Å²) in [5, 5.41) is 2.73. The Hall–Kier alpha value is -1.88. The molecule has 0 bridgehead atoms. The van der Waals surface area contributed by atoms with E-state index in [4.69, 9.17) is 9.47 Å². The molecule has 21 heavy (non-hydrogen) atoms. The van der Waals surface area contributed by atoms with Gasteiger partial charge in [-0.3, -0.25) is 4.79 Å². The van der Waals surface area contributed by atoms with Crippen molar-refractivity contribution in [3.05, 3.63) is 34.7 Å². The molecule has 1 aromatic heterocycles. The highest BCUT2D eigenvalue weighted by molar-refractivity contribution is 7.10. The SMILES string of the molecule is CCCOc1ccc(-c2csc(CC(=O)OCC)n2)cc1. The number of hydrogen-bond acceptors (Lipinski definition) is 5. The van der Waals surface area contributed by atoms with Crippen molar-refractivity contribution in [2.45, 2.75) is 26.7 Å². The lowest BCUT2D eigenvalue weighted by molar-refractivity contribution is -0.142. The second-order valence-corrected chi connectivity index (χ2v) is 5.42. The van der Waals surface area contributed by atoms with E-state index in [9.17, 15) is 4.79 Å². The molecular weight excluding hydrogens is 286 g/mol. The number of benzene rings is 1. The maximum atomic E-state index is 11.4. The standard InChI is InChI=1S/C16H19NO3S/c1-3-9-20-13-7-5-12(6-8-13)14-11-21-15(17-14)10-16(18)19-4-2/h5-8,11H,3-4,9-10H2,1-2H3. The Morgan fingerprint density at radius 2 is 2.00 bits per heavy atom. The number of carbonyl (C=O) groups is 1. The van der Waals surface area contributed by atoms with Gasteiger partial charge in [0.25, 0.3) is 0 Å². The van der Waals surface area contributed by atoms with Crippen molar-refractivity contribution < 1.29 is 14.3 Å². The van der Waals surface area contributed by atoms with Gasteiger partial charge in [0.1, 0.15) is 10.8 Å². The molecule has 112 valence electrons. The predicted octanol–water partition coefficient (Wildman–Crippen LogP) is 3.70. The zero-order valence-corrected chi connectivity index (χ0v) is 13.1. The van der Waals surface area contributed by atoms with Crippen LogP contribution in [0.4, 0.5) is 0 Å². The molecule has 0 amide bonds. The minimum Gasteiger partial charge on any atom is -0.494 e. The molecule has 2 rings (SSSR count). The van der Waals surface area contributed by atoms with Crippen molar-refractivity contribution in [2.75, 3.05) is 13.2 Å². The molecule has 0 aliphatic carbocycles. The second-order valence-electron chi connectivity index (χ2n) is 4.48. The van der Waals surface area contributed by atoms with Gasteiger partial charge >= 0.3 is 5.97 Å². The molecule has 5 heteroatoms. The minimum atomic E-state index is -0.235. The van der Waals surface area contributed by atoms with Gasteiger partial charge in [0.05, 0.1) is 25.3 Å². The maximum Gasteiger partial charge on any atom is 0.312 e. The van der Waals surface area contributed by atoms with E-state index in [0.717, 1.165) is 35.0 Å². The molecule has 0 aliphatic heterocycles. The Kier molecular flexibility index (Phi) is 5.75. The molecule has 2 aromatic rings. The molecule has 0 atom stereocenters. The Labute approximate surface area is 128 Å². The number of hydrogen-bond donors (Lipinski definition) is 0. The minimum absolute atomic E-state index is 0.232. The Morgan fingerprint density at radius 1 is 1.24 bits per heavy atom. The molecule has 1 aromatic carbocycles. The summed E-state index contributed by atoms with van der Waals surface area (Å²) < 4.78 is 10.5. The lowest BCUT2D eigenvalue weighted by atomic mass is 10.2. The van der Waals surface area contributed by atoms with Gasteiger partial charge in [-0.25, -0.2) is 4.98 Å². The van der Waals surface area contributed by atoms with Crippen LogP contribution in [0.1, 0.15) is 25.3 Å². The molecule has 0 N–H and O–H groups in total. The highest BCUT2D eigenvalue weighted by Gasteiger charge is 2.09. The van der Waals surface area contributed by atoms with Gasteiger partial charge < -0.3 is 9.47 Å². The first-order valence-electron chi connectivity index (χ1n) is 7.06. The Morgan fingerprint density at radius 3 is 2.67 bits per heavy atom. The summed E-state index contributed by atoms with van der Waals surface area (Å²) in [7, 11) is 0. The number of esters is 1. The van der Waals surface area contributed by atoms with Crippen LogP contribution < -0.4 is 4.74 Å². The highest BCUT2D eigenvalue weighted by Crippen LogP contribution is 2.24. The summed E-state index contributed by atoms with van der Waals surface area (Å²) in [6.07, 6.45) is 1.22.